The Kier molecular flexibility index (Phi) is 5.38. The third-order valence-electron chi connectivity index (χ3n) is 4.24. The van der Waals surface area contributed by atoms with E-state index in [0.29, 0.717) is 23.2 Å². The first kappa shape index (κ1) is 18.1. The number of aryl methyl sites for hydroxylation is 3. The standard InChI is InChI=1S/C20H20ClN3O2/c1-13-4-7-15(8-5-13)20-22-18(26-23-20)10-11-19(25)24(3)17-12-16(21)9-6-14(17)2/h4-9,12H,10-11H2,1-3H3. The first-order valence-corrected chi connectivity index (χ1v) is 8.74. The van der Waals surface area contributed by atoms with Crippen molar-refractivity contribution in [2.75, 3.05) is 11.9 Å². The Bertz CT molecular complexity index is 919. The number of carbonyl (C=O) groups is 1. The van der Waals surface area contributed by atoms with E-state index >= 15 is 0 Å². The fourth-order valence-electron chi connectivity index (χ4n) is 2.64. The number of aromatic nitrogens is 2. The number of halogens is 1. The fraction of sp³-hybridized carbons (Fsp3) is 0.250. The minimum Gasteiger partial charge on any atom is -0.339 e. The highest BCUT2D eigenvalue weighted by atomic mass is 35.5. The number of rotatable bonds is 5. The Hall–Kier alpha value is -2.66. The van der Waals surface area contributed by atoms with Crippen molar-refractivity contribution in [3.8, 4) is 11.4 Å². The molecule has 3 rings (SSSR count). The van der Waals surface area contributed by atoms with Crippen LogP contribution < -0.4 is 4.90 Å². The molecular formula is C20H20ClN3O2. The van der Waals surface area contributed by atoms with Gasteiger partial charge in [0.25, 0.3) is 0 Å². The summed E-state index contributed by atoms with van der Waals surface area (Å²) in [7, 11) is 1.74. The van der Waals surface area contributed by atoms with Crippen LogP contribution in [0, 0.1) is 13.8 Å². The van der Waals surface area contributed by atoms with Gasteiger partial charge in [-0.3, -0.25) is 4.79 Å². The monoisotopic (exact) mass is 369 g/mol. The second-order valence-electron chi connectivity index (χ2n) is 6.26. The Balaban J connectivity index is 1.64. The van der Waals surface area contributed by atoms with Gasteiger partial charge in [-0.05, 0) is 31.5 Å². The molecule has 1 heterocycles. The van der Waals surface area contributed by atoms with Crippen molar-refractivity contribution >= 4 is 23.2 Å². The molecule has 0 radical (unpaired) electrons. The molecule has 0 saturated heterocycles. The van der Waals surface area contributed by atoms with Gasteiger partial charge >= 0.3 is 0 Å². The summed E-state index contributed by atoms with van der Waals surface area (Å²) >= 11 is 6.04. The van der Waals surface area contributed by atoms with Crippen LogP contribution in [0.1, 0.15) is 23.4 Å². The van der Waals surface area contributed by atoms with Gasteiger partial charge in [0.2, 0.25) is 17.6 Å². The molecule has 1 aromatic heterocycles. The molecule has 1 amide bonds. The second kappa shape index (κ2) is 7.70. The zero-order chi connectivity index (χ0) is 18.7. The predicted molar refractivity (Wildman–Crippen MR) is 102 cm³/mol. The van der Waals surface area contributed by atoms with Crippen molar-refractivity contribution in [3.63, 3.8) is 0 Å². The summed E-state index contributed by atoms with van der Waals surface area (Å²) in [6.45, 7) is 3.97. The van der Waals surface area contributed by atoms with Crippen LogP contribution in [0.5, 0.6) is 0 Å². The quantitative estimate of drug-likeness (QED) is 0.659. The zero-order valence-electron chi connectivity index (χ0n) is 15.0. The summed E-state index contributed by atoms with van der Waals surface area (Å²) in [5.41, 5.74) is 3.85. The number of amides is 1. The lowest BCUT2D eigenvalue weighted by Gasteiger charge is -2.19. The number of benzene rings is 2. The molecule has 0 spiro atoms. The summed E-state index contributed by atoms with van der Waals surface area (Å²) in [6, 6.07) is 13.4. The Morgan fingerprint density at radius 2 is 1.88 bits per heavy atom. The minimum atomic E-state index is -0.0366. The lowest BCUT2D eigenvalue weighted by atomic mass is 10.1. The Morgan fingerprint density at radius 1 is 1.15 bits per heavy atom. The van der Waals surface area contributed by atoms with Crippen molar-refractivity contribution in [2.45, 2.75) is 26.7 Å². The lowest BCUT2D eigenvalue weighted by molar-refractivity contribution is -0.118. The van der Waals surface area contributed by atoms with E-state index in [9.17, 15) is 4.79 Å². The van der Waals surface area contributed by atoms with E-state index in [-0.39, 0.29) is 12.3 Å². The van der Waals surface area contributed by atoms with Gasteiger partial charge in [0.15, 0.2) is 0 Å². The maximum absolute atomic E-state index is 12.5. The number of nitrogens with zero attached hydrogens (tertiary/aromatic N) is 3. The summed E-state index contributed by atoms with van der Waals surface area (Å²) in [5.74, 6) is 0.946. The van der Waals surface area contributed by atoms with Gasteiger partial charge in [0, 0.05) is 36.2 Å². The van der Waals surface area contributed by atoms with Crippen LogP contribution in [-0.4, -0.2) is 23.1 Å². The molecule has 0 aliphatic rings. The van der Waals surface area contributed by atoms with Crippen LogP contribution in [0.2, 0.25) is 5.02 Å². The van der Waals surface area contributed by atoms with Gasteiger partial charge in [-0.2, -0.15) is 4.98 Å². The van der Waals surface area contributed by atoms with E-state index in [1.807, 2.05) is 50.2 Å². The highest BCUT2D eigenvalue weighted by Crippen LogP contribution is 2.24. The molecule has 0 atom stereocenters. The molecule has 2 aromatic carbocycles. The topological polar surface area (TPSA) is 59.2 Å². The van der Waals surface area contributed by atoms with E-state index in [0.717, 1.165) is 16.8 Å². The highest BCUT2D eigenvalue weighted by molar-refractivity contribution is 6.31. The third kappa shape index (κ3) is 4.11. The van der Waals surface area contributed by atoms with Crippen LogP contribution in [0.15, 0.2) is 47.0 Å². The predicted octanol–water partition coefficient (Wildman–Crippen LogP) is 4.60. The fourth-order valence-corrected chi connectivity index (χ4v) is 2.80. The molecule has 26 heavy (non-hydrogen) atoms. The average molecular weight is 370 g/mol. The van der Waals surface area contributed by atoms with Crippen LogP contribution in [0.25, 0.3) is 11.4 Å². The SMILES string of the molecule is Cc1ccc(-c2noc(CCC(=O)N(C)c3cc(Cl)ccc3C)n2)cc1. The second-order valence-corrected chi connectivity index (χ2v) is 6.70. The molecule has 0 fully saturated rings. The molecule has 0 N–H and O–H groups in total. The van der Waals surface area contributed by atoms with Gasteiger partial charge in [0.05, 0.1) is 0 Å². The Morgan fingerprint density at radius 3 is 2.62 bits per heavy atom. The largest absolute Gasteiger partial charge is 0.339 e. The number of hydrogen-bond donors (Lipinski definition) is 0. The van der Waals surface area contributed by atoms with Crippen molar-refractivity contribution in [2.24, 2.45) is 0 Å². The van der Waals surface area contributed by atoms with Gasteiger partial charge in [0.1, 0.15) is 0 Å². The number of hydrogen-bond acceptors (Lipinski definition) is 4. The summed E-state index contributed by atoms with van der Waals surface area (Å²) in [5, 5.41) is 4.60. The van der Waals surface area contributed by atoms with Crippen LogP contribution in [0.4, 0.5) is 5.69 Å². The van der Waals surface area contributed by atoms with Crippen molar-refractivity contribution in [1.82, 2.24) is 10.1 Å². The first-order valence-electron chi connectivity index (χ1n) is 8.36. The van der Waals surface area contributed by atoms with E-state index in [4.69, 9.17) is 16.1 Å². The zero-order valence-corrected chi connectivity index (χ0v) is 15.7. The van der Waals surface area contributed by atoms with Gasteiger partial charge in [-0.25, -0.2) is 0 Å². The number of anilines is 1. The van der Waals surface area contributed by atoms with Gasteiger partial charge in [-0.15, -0.1) is 0 Å². The lowest BCUT2D eigenvalue weighted by Crippen LogP contribution is -2.27. The highest BCUT2D eigenvalue weighted by Gasteiger charge is 2.16. The van der Waals surface area contributed by atoms with Crippen molar-refractivity contribution in [1.29, 1.82) is 0 Å². The van der Waals surface area contributed by atoms with E-state index in [1.165, 1.54) is 5.56 Å². The molecule has 134 valence electrons. The van der Waals surface area contributed by atoms with Crippen LogP contribution in [-0.2, 0) is 11.2 Å². The first-order chi connectivity index (χ1) is 12.4. The molecule has 6 heteroatoms. The van der Waals surface area contributed by atoms with Crippen LogP contribution in [0.3, 0.4) is 0 Å². The summed E-state index contributed by atoms with van der Waals surface area (Å²) in [4.78, 5) is 18.5. The molecule has 0 aliphatic heterocycles. The van der Waals surface area contributed by atoms with Crippen LogP contribution >= 0.6 is 11.6 Å². The normalized spacial score (nSPS) is 10.8. The van der Waals surface area contributed by atoms with Crippen molar-refractivity contribution in [3.05, 3.63) is 64.5 Å². The molecule has 0 unspecified atom stereocenters. The molecule has 0 saturated carbocycles. The smallest absolute Gasteiger partial charge is 0.227 e. The minimum absolute atomic E-state index is 0.0366. The van der Waals surface area contributed by atoms with E-state index in [2.05, 4.69) is 10.1 Å². The molecule has 5 nitrogen and oxygen atoms in total. The maximum Gasteiger partial charge on any atom is 0.227 e. The number of carbonyl (C=O) groups excluding carboxylic acids is 1. The van der Waals surface area contributed by atoms with Crippen molar-refractivity contribution < 1.29 is 9.32 Å². The summed E-state index contributed by atoms with van der Waals surface area (Å²) in [6.07, 6.45) is 0.666. The molecule has 0 aliphatic carbocycles. The average Bonchev–Trinajstić information content (AvgIpc) is 3.10. The third-order valence-corrected chi connectivity index (χ3v) is 4.47. The maximum atomic E-state index is 12.5. The van der Waals surface area contributed by atoms with E-state index < -0.39 is 0 Å². The van der Waals surface area contributed by atoms with E-state index in [1.54, 1.807) is 18.0 Å². The van der Waals surface area contributed by atoms with Gasteiger partial charge < -0.3 is 9.42 Å². The molecule has 3 aromatic rings. The molecule has 0 bridgehead atoms. The Labute approximate surface area is 157 Å². The van der Waals surface area contributed by atoms with Gasteiger partial charge in [-0.1, -0.05) is 52.7 Å². The molecular weight excluding hydrogens is 350 g/mol. The summed E-state index contributed by atoms with van der Waals surface area (Å²) < 4.78 is 5.28.